The van der Waals surface area contributed by atoms with Crippen molar-refractivity contribution in [1.82, 2.24) is 4.98 Å². The number of thioether (sulfide) groups is 1. The number of fused-ring (bicyclic) bond motifs is 1. The zero-order chi connectivity index (χ0) is 14.5. The lowest BCUT2D eigenvalue weighted by Crippen LogP contribution is -2.20. The Bertz CT molecular complexity index is 597. The quantitative estimate of drug-likeness (QED) is 0.500. The summed E-state index contributed by atoms with van der Waals surface area (Å²) >= 11 is 1.30. The van der Waals surface area contributed by atoms with E-state index in [-0.39, 0.29) is 11.2 Å². The van der Waals surface area contributed by atoms with E-state index in [2.05, 4.69) is 4.98 Å². The molecule has 0 saturated carbocycles. The van der Waals surface area contributed by atoms with Crippen LogP contribution < -0.4 is 5.73 Å². The van der Waals surface area contributed by atoms with Gasteiger partial charge in [0.1, 0.15) is 10.8 Å². The highest BCUT2D eigenvalue weighted by atomic mass is 32.2. The van der Waals surface area contributed by atoms with Crippen molar-refractivity contribution in [2.75, 3.05) is 12.3 Å². The molecule has 1 atom stereocenters. The van der Waals surface area contributed by atoms with Gasteiger partial charge in [-0.05, 0) is 25.5 Å². The van der Waals surface area contributed by atoms with Crippen LogP contribution >= 0.6 is 11.8 Å². The number of nitrogens with zero attached hydrogens (tertiary/aromatic N) is 1. The largest absolute Gasteiger partial charge is 0.465 e. The van der Waals surface area contributed by atoms with Crippen molar-refractivity contribution >= 4 is 34.5 Å². The number of hydrogen-bond donors (Lipinski definition) is 1. The molecule has 0 aliphatic carbocycles. The van der Waals surface area contributed by atoms with Crippen LogP contribution in [0.4, 0.5) is 5.69 Å². The molecule has 0 aliphatic heterocycles. The van der Waals surface area contributed by atoms with Crippen LogP contribution in [0.3, 0.4) is 0 Å². The van der Waals surface area contributed by atoms with Gasteiger partial charge in [-0.3, -0.25) is 4.79 Å². The lowest BCUT2D eigenvalue weighted by Gasteiger charge is -2.11. The SMILES string of the molecule is CCCC(Sc1nc2ccc(N)cc2o1)C(=O)OCC. The van der Waals surface area contributed by atoms with Crippen LogP contribution in [-0.2, 0) is 9.53 Å². The molecule has 20 heavy (non-hydrogen) atoms. The summed E-state index contributed by atoms with van der Waals surface area (Å²) in [7, 11) is 0. The van der Waals surface area contributed by atoms with E-state index in [1.165, 1.54) is 11.8 Å². The van der Waals surface area contributed by atoms with E-state index in [4.69, 9.17) is 14.9 Å². The zero-order valence-corrected chi connectivity index (χ0v) is 12.4. The summed E-state index contributed by atoms with van der Waals surface area (Å²) in [5.41, 5.74) is 7.69. The fourth-order valence-corrected chi connectivity index (χ4v) is 2.86. The number of carbonyl (C=O) groups excluding carboxylic acids is 1. The van der Waals surface area contributed by atoms with Crippen LogP contribution in [0.5, 0.6) is 0 Å². The van der Waals surface area contributed by atoms with E-state index in [0.717, 1.165) is 18.4 Å². The van der Waals surface area contributed by atoms with Crippen LogP contribution in [0.25, 0.3) is 11.1 Å². The molecule has 6 heteroatoms. The smallest absolute Gasteiger partial charge is 0.319 e. The van der Waals surface area contributed by atoms with Gasteiger partial charge in [-0.25, -0.2) is 4.98 Å². The third-order valence-electron chi connectivity index (χ3n) is 2.74. The van der Waals surface area contributed by atoms with Gasteiger partial charge in [0.25, 0.3) is 5.22 Å². The molecule has 1 aromatic heterocycles. The molecule has 0 aliphatic rings. The van der Waals surface area contributed by atoms with E-state index >= 15 is 0 Å². The molecular formula is C14H18N2O3S. The van der Waals surface area contributed by atoms with Crippen molar-refractivity contribution in [3.05, 3.63) is 18.2 Å². The van der Waals surface area contributed by atoms with Crippen LogP contribution in [0, 0.1) is 0 Å². The third kappa shape index (κ3) is 3.45. The maximum absolute atomic E-state index is 11.9. The van der Waals surface area contributed by atoms with Crippen LogP contribution in [-0.4, -0.2) is 22.8 Å². The average Bonchev–Trinajstić information content (AvgIpc) is 2.80. The Labute approximate surface area is 121 Å². The van der Waals surface area contributed by atoms with Gasteiger partial charge in [0.15, 0.2) is 5.58 Å². The Balaban J connectivity index is 2.17. The van der Waals surface area contributed by atoms with Crippen LogP contribution in [0.2, 0.25) is 0 Å². The molecular weight excluding hydrogens is 276 g/mol. The van der Waals surface area contributed by atoms with Gasteiger partial charge >= 0.3 is 5.97 Å². The van der Waals surface area contributed by atoms with Gasteiger partial charge in [0, 0.05) is 11.8 Å². The first-order valence-corrected chi connectivity index (χ1v) is 7.51. The summed E-state index contributed by atoms with van der Waals surface area (Å²) in [5, 5.41) is 0.183. The maximum Gasteiger partial charge on any atom is 0.319 e. The van der Waals surface area contributed by atoms with Crippen molar-refractivity contribution in [3.8, 4) is 0 Å². The average molecular weight is 294 g/mol. The van der Waals surface area contributed by atoms with Crippen molar-refractivity contribution in [2.24, 2.45) is 0 Å². The highest BCUT2D eigenvalue weighted by Gasteiger charge is 2.23. The predicted octanol–water partition coefficient (Wildman–Crippen LogP) is 3.23. The third-order valence-corrected chi connectivity index (χ3v) is 3.83. The Morgan fingerprint density at radius 2 is 2.30 bits per heavy atom. The lowest BCUT2D eigenvalue weighted by atomic mass is 10.2. The molecule has 0 spiro atoms. The molecule has 0 fully saturated rings. The molecule has 1 heterocycles. The lowest BCUT2D eigenvalue weighted by molar-refractivity contribution is -0.142. The highest BCUT2D eigenvalue weighted by molar-refractivity contribution is 8.00. The highest BCUT2D eigenvalue weighted by Crippen LogP contribution is 2.30. The molecule has 0 radical (unpaired) electrons. The van der Waals surface area contributed by atoms with E-state index in [9.17, 15) is 4.79 Å². The summed E-state index contributed by atoms with van der Waals surface area (Å²) in [5.74, 6) is -0.221. The first kappa shape index (κ1) is 14.7. The van der Waals surface area contributed by atoms with Crippen molar-refractivity contribution in [3.63, 3.8) is 0 Å². The topological polar surface area (TPSA) is 78.4 Å². The number of anilines is 1. The Kier molecular flexibility index (Phi) is 4.89. The first-order chi connectivity index (χ1) is 9.63. The molecule has 2 aromatic rings. The van der Waals surface area contributed by atoms with Crippen molar-refractivity contribution in [2.45, 2.75) is 37.2 Å². The molecule has 0 amide bonds. The zero-order valence-electron chi connectivity index (χ0n) is 11.6. The molecule has 2 N–H and O–H groups in total. The van der Waals surface area contributed by atoms with E-state index in [0.29, 0.717) is 23.1 Å². The number of carbonyl (C=O) groups is 1. The standard InChI is InChI=1S/C14H18N2O3S/c1-3-5-12(13(17)18-4-2)20-14-16-10-7-6-9(15)8-11(10)19-14/h6-8,12H,3-5,15H2,1-2H3. The van der Waals surface area contributed by atoms with E-state index in [1.54, 1.807) is 25.1 Å². The van der Waals surface area contributed by atoms with Gasteiger partial charge in [-0.1, -0.05) is 25.1 Å². The Morgan fingerprint density at radius 1 is 1.50 bits per heavy atom. The van der Waals surface area contributed by atoms with E-state index in [1.807, 2.05) is 6.92 Å². The number of nitrogens with two attached hydrogens (primary N) is 1. The Hall–Kier alpha value is -1.69. The number of oxazole rings is 1. The second-order valence-electron chi connectivity index (χ2n) is 4.35. The van der Waals surface area contributed by atoms with Gasteiger partial charge in [0.05, 0.1) is 6.61 Å². The molecule has 0 saturated heterocycles. The normalized spacial score (nSPS) is 12.5. The van der Waals surface area contributed by atoms with Gasteiger partial charge < -0.3 is 14.9 Å². The monoisotopic (exact) mass is 294 g/mol. The number of ether oxygens (including phenoxy) is 1. The van der Waals surface area contributed by atoms with Gasteiger partial charge in [-0.2, -0.15) is 0 Å². The molecule has 2 rings (SSSR count). The molecule has 1 aromatic carbocycles. The minimum Gasteiger partial charge on any atom is -0.465 e. The fraction of sp³-hybridized carbons (Fsp3) is 0.429. The number of nitrogen functional groups attached to an aromatic ring is 1. The summed E-state index contributed by atoms with van der Waals surface area (Å²) in [6, 6.07) is 5.30. The number of rotatable bonds is 6. The number of benzene rings is 1. The second kappa shape index (κ2) is 6.65. The van der Waals surface area contributed by atoms with Crippen LogP contribution in [0.15, 0.2) is 27.8 Å². The second-order valence-corrected chi connectivity index (χ2v) is 5.51. The first-order valence-electron chi connectivity index (χ1n) is 6.63. The molecule has 5 nitrogen and oxygen atoms in total. The summed E-state index contributed by atoms with van der Waals surface area (Å²) in [4.78, 5) is 16.2. The summed E-state index contributed by atoms with van der Waals surface area (Å²) < 4.78 is 10.7. The van der Waals surface area contributed by atoms with Crippen molar-refractivity contribution in [1.29, 1.82) is 0 Å². The predicted molar refractivity (Wildman–Crippen MR) is 79.6 cm³/mol. The van der Waals surface area contributed by atoms with Crippen LogP contribution in [0.1, 0.15) is 26.7 Å². The number of esters is 1. The Morgan fingerprint density at radius 3 is 3.00 bits per heavy atom. The fourth-order valence-electron chi connectivity index (χ4n) is 1.81. The molecule has 1 unspecified atom stereocenters. The van der Waals surface area contributed by atoms with E-state index < -0.39 is 0 Å². The molecule has 0 bridgehead atoms. The number of hydrogen-bond acceptors (Lipinski definition) is 6. The molecule has 108 valence electrons. The van der Waals surface area contributed by atoms with Gasteiger partial charge in [0.2, 0.25) is 0 Å². The number of aromatic nitrogens is 1. The van der Waals surface area contributed by atoms with Crippen molar-refractivity contribution < 1.29 is 13.9 Å². The maximum atomic E-state index is 11.9. The summed E-state index contributed by atoms with van der Waals surface area (Å²) in [6.07, 6.45) is 1.62. The van der Waals surface area contributed by atoms with Gasteiger partial charge in [-0.15, -0.1) is 0 Å². The minimum atomic E-state index is -0.287. The summed E-state index contributed by atoms with van der Waals surface area (Å²) in [6.45, 7) is 4.21. The minimum absolute atomic E-state index is 0.221.